The van der Waals surface area contributed by atoms with Crippen molar-refractivity contribution in [2.24, 2.45) is 5.41 Å². The molecule has 3 rings (SSSR count). The molecule has 1 aliphatic heterocycles. The Morgan fingerprint density at radius 3 is 2.71 bits per heavy atom. The lowest BCUT2D eigenvalue weighted by Gasteiger charge is -2.51. The topological polar surface area (TPSA) is 15.3 Å². The van der Waals surface area contributed by atoms with Crippen LogP contribution >= 0.6 is 11.3 Å². The Hall–Kier alpha value is -0.380. The fraction of sp³-hybridized carbons (Fsp3) is 0.778. The third-order valence-electron chi connectivity index (χ3n) is 5.58. The summed E-state index contributed by atoms with van der Waals surface area (Å²) in [7, 11) is 0. The van der Waals surface area contributed by atoms with Crippen LogP contribution in [0.4, 0.5) is 0 Å². The van der Waals surface area contributed by atoms with Gasteiger partial charge >= 0.3 is 0 Å². The molecule has 1 saturated carbocycles. The van der Waals surface area contributed by atoms with E-state index in [0.29, 0.717) is 17.0 Å². The van der Waals surface area contributed by atoms with E-state index < -0.39 is 0 Å². The molecule has 0 amide bonds. The molecule has 0 aromatic carbocycles. The van der Waals surface area contributed by atoms with Gasteiger partial charge in [0.2, 0.25) is 0 Å². The number of hydrogen-bond donors (Lipinski definition) is 1. The summed E-state index contributed by atoms with van der Waals surface area (Å²) in [5.41, 5.74) is 2.32. The van der Waals surface area contributed by atoms with Crippen LogP contribution in [0.15, 0.2) is 16.8 Å². The highest BCUT2D eigenvalue weighted by Crippen LogP contribution is 2.38. The molecule has 2 aliphatic rings. The molecule has 1 aromatic heterocycles. The van der Waals surface area contributed by atoms with Crippen LogP contribution in [-0.4, -0.2) is 36.1 Å². The van der Waals surface area contributed by atoms with Crippen LogP contribution in [0.25, 0.3) is 0 Å². The Morgan fingerprint density at radius 1 is 1.33 bits per heavy atom. The van der Waals surface area contributed by atoms with Crippen LogP contribution in [-0.2, 0) is 6.42 Å². The summed E-state index contributed by atoms with van der Waals surface area (Å²) < 4.78 is 0. The normalized spacial score (nSPS) is 26.5. The van der Waals surface area contributed by atoms with Gasteiger partial charge in [0.15, 0.2) is 0 Å². The van der Waals surface area contributed by atoms with Gasteiger partial charge in [-0.15, -0.1) is 0 Å². The second-order valence-corrected chi connectivity index (χ2v) is 8.84. The first-order chi connectivity index (χ1) is 10.00. The Balaban J connectivity index is 1.70. The van der Waals surface area contributed by atoms with Crippen molar-refractivity contribution < 1.29 is 0 Å². The van der Waals surface area contributed by atoms with E-state index in [1.54, 1.807) is 0 Å². The molecule has 1 aliphatic carbocycles. The van der Waals surface area contributed by atoms with Gasteiger partial charge in [0.1, 0.15) is 0 Å². The SMILES string of the molecule is CC(C)(C)C1CN(CCc2ccsc2)C2(CCCC2)CN1. The maximum Gasteiger partial charge on any atom is 0.0334 e. The highest BCUT2D eigenvalue weighted by atomic mass is 32.1. The average Bonchev–Trinajstić information content (AvgIpc) is 3.08. The minimum absolute atomic E-state index is 0.348. The van der Waals surface area contributed by atoms with Crippen LogP contribution in [0, 0.1) is 5.41 Å². The minimum Gasteiger partial charge on any atom is -0.310 e. The van der Waals surface area contributed by atoms with Crippen LogP contribution in [0.1, 0.15) is 52.0 Å². The largest absolute Gasteiger partial charge is 0.310 e. The van der Waals surface area contributed by atoms with Crippen molar-refractivity contribution in [3.05, 3.63) is 22.4 Å². The highest BCUT2D eigenvalue weighted by molar-refractivity contribution is 7.07. The molecule has 1 unspecified atom stereocenters. The zero-order chi connectivity index (χ0) is 14.9. The second kappa shape index (κ2) is 6.02. The molecule has 1 N–H and O–H groups in total. The lowest BCUT2D eigenvalue weighted by atomic mass is 9.81. The van der Waals surface area contributed by atoms with E-state index in [1.165, 1.54) is 57.3 Å². The number of thiophene rings is 1. The van der Waals surface area contributed by atoms with Gasteiger partial charge in [-0.3, -0.25) is 4.90 Å². The Morgan fingerprint density at radius 2 is 2.10 bits per heavy atom. The van der Waals surface area contributed by atoms with E-state index in [2.05, 4.69) is 47.8 Å². The van der Waals surface area contributed by atoms with Crippen LogP contribution < -0.4 is 5.32 Å². The number of nitrogens with zero attached hydrogens (tertiary/aromatic N) is 1. The maximum absolute atomic E-state index is 3.88. The maximum atomic E-state index is 3.88. The molecule has 118 valence electrons. The fourth-order valence-electron chi connectivity index (χ4n) is 4.04. The third kappa shape index (κ3) is 3.35. The summed E-state index contributed by atoms with van der Waals surface area (Å²) in [6, 6.07) is 2.90. The molecule has 2 fully saturated rings. The predicted octanol–water partition coefficient (Wildman–Crippen LogP) is 3.92. The van der Waals surface area contributed by atoms with Crippen molar-refractivity contribution in [3.63, 3.8) is 0 Å². The molecule has 3 heteroatoms. The van der Waals surface area contributed by atoms with Crippen molar-refractivity contribution in [2.45, 2.75) is 64.5 Å². The molecule has 1 atom stereocenters. The van der Waals surface area contributed by atoms with E-state index >= 15 is 0 Å². The number of nitrogens with one attached hydrogen (secondary N) is 1. The van der Waals surface area contributed by atoms with E-state index in [4.69, 9.17) is 0 Å². The minimum atomic E-state index is 0.348. The van der Waals surface area contributed by atoms with Gasteiger partial charge in [-0.2, -0.15) is 11.3 Å². The first kappa shape index (κ1) is 15.5. The molecule has 2 heterocycles. The van der Waals surface area contributed by atoms with Gasteiger partial charge in [0.25, 0.3) is 0 Å². The van der Waals surface area contributed by atoms with Crippen LogP contribution in [0.2, 0.25) is 0 Å². The zero-order valence-corrected chi connectivity index (χ0v) is 14.6. The average molecular weight is 307 g/mol. The fourth-order valence-corrected chi connectivity index (χ4v) is 4.74. The molecule has 0 bridgehead atoms. The van der Waals surface area contributed by atoms with Gasteiger partial charge in [-0.25, -0.2) is 0 Å². The van der Waals surface area contributed by atoms with Gasteiger partial charge in [-0.05, 0) is 47.1 Å². The number of piperazine rings is 1. The van der Waals surface area contributed by atoms with E-state index in [0.717, 1.165) is 0 Å². The molecule has 2 nitrogen and oxygen atoms in total. The summed E-state index contributed by atoms with van der Waals surface area (Å²) in [5, 5.41) is 8.39. The summed E-state index contributed by atoms with van der Waals surface area (Å²) in [6.07, 6.45) is 6.82. The zero-order valence-electron chi connectivity index (χ0n) is 13.8. The summed E-state index contributed by atoms with van der Waals surface area (Å²) in [4.78, 5) is 2.84. The standard InChI is InChI=1S/C18H30N2S/c1-17(2,3)16-12-20(10-6-15-7-11-21-13-15)18(14-19-16)8-4-5-9-18/h7,11,13,16,19H,4-6,8-10,12,14H2,1-3H3. The highest BCUT2D eigenvalue weighted by Gasteiger charge is 2.45. The second-order valence-electron chi connectivity index (χ2n) is 8.06. The first-order valence-electron chi connectivity index (χ1n) is 8.49. The predicted molar refractivity (Wildman–Crippen MR) is 92.0 cm³/mol. The van der Waals surface area contributed by atoms with Crippen molar-refractivity contribution >= 4 is 11.3 Å². The van der Waals surface area contributed by atoms with Crippen molar-refractivity contribution in [1.82, 2.24) is 10.2 Å². The molecular weight excluding hydrogens is 276 g/mol. The smallest absolute Gasteiger partial charge is 0.0334 e. The van der Waals surface area contributed by atoms with Crippen LogP contribution in [0.3, 0.4) is 0 Å². The number of rotatable bonds is 3. The molecule has 0 radical (unpaired) electrons. The third-order valence-corrected chi connectivity index (χ3v) is 6.31. The van der Waals surface area contributed by atoms with Gasteiger partial charge in [0.05, 0.1) is 0 Å². The van der Waals surface area contributed by atoms with Crippen molar-refractivity contribution in [1.29, 1.82) is 0 Å². The Labute approximate surface area is 133 Å². The van der Waals surface area contributed by atoms with E-state index in [-0.39, 0.29) is 0 Å². The number of hydrogen-bond acceptors (Lipinski definition) is 3. The summed E-state index contributed by atoms with van der Waals surface area (Å²) in [6.45, 7) is 10.7. The quantitative estimate of drug-likeness (QED) is 0.910. The van der Waals surface area contributed by atoms with Gasteiger partial charge < -0.3 is 5.32 Å². The Kier molecular flexibility index (Phi) is 4.45. The summed E-state index contributed by atoms with van der Waals surface area (Å²) in [5.74, 6) is 0. The monoisotopic (exact) mass is 306 g/mol. The van der Waals surface area contributed by atoms with Crippen molar-refractivity contribution in [2.75, 3.05) is 19.6 Å². The van der Waals surface area contributed by atoms with E-state index in [1.807, 2.05) is 11.3 Å². The molecule has 1 aromatic rings. The molecular formula is C18H30N2S. The summed E-state index contributed by atoms with van der Waals surface area (Å²) >= 11 is 1.82. The first-order valence-corrected chi connectivity index (χ1v) is 9.43. The van der Waals surface area contributed by atoms with E-state index in [9.17, 15) is 0 Å². The lowest BCUT2D eigenvalue weighted by molar-refractivity contribution is 0.0181. The van der Waals surface area contributed by atoms with Gasteiger partial charge in [0, 0.05) is 31.2 Å². The Bertz CT molecular complexity index is 440. The molecule has 1 spiro atoms. The van der Waals surface area contributed by atoms with Gasteiger partial charge in [-0.1, -0.05) is 33.6 Å². The molecule has 1 saturated heterocycles. The van der Waals surface area contributed by atoms with Crippen LogP contribution in [0.5, 0.6) is 0 Å². The lowest BCUT2D eigenvalue weighted by Crippen LogP contribution is -2.66. The molecule has 21 heavy (non-hydrogen) atoms. The van der Waals surface area contributed by atoms with Crippen molar-refractivity contribution in [3.8, 4) is 0 Å².